The van der Waals surface area contributed by atoms with Crippen LogP contribution in [0.15, 0.2) is 18.2 Å². The number of hydrogen-bond donors (Lipinski definition) is 0. The fourth-order valence-corrected chi connectivity index (χ4v) is 5.31. The van der Waals surface area contributed by atoms with Gasteiger partial charge in [0.2, 0.25) is 0 Å². The van der Waals surface area contributed by atoms with Crippen molar-refractivity contribution in [2.75, 3.05) is 13.2 Å². The van der Waals surface area contributed by atoms with Gasteiger partial charge in [-0.2, -0.15) is 8.78 Å². The molecule has 2 aromatic rings. The Kier molecular flexibility index (Phi) is 8.38. The van der Waals surface area contributed by atoms with E-state index in [1.54, 1.807) is 0 Å². The molecular weight excluding hydrogens is 505 g/mol. The number of halogens is 7. The maximum absolute atomic E-state index is 14.7. The third-order valence-corrected chi connectivity index (χ3v) is 7.40. The summed E-state index contributed by atoms with van der Waals surface area (Å²) in [5.74, 6) is -8.52. The van der Waals surface area contributed by atoms with E-state index in [-0.39, 0.29) is 17.5 Å². The van der Waals surface area contributed by atoms with Crippen LogP contribution in [-0.4, -0.2) is 13.2 Å². The molecule has 4 rings (SSSR count). The van der Waals surface area contributed by atoms with Crippen LogP contribution >= 0.6 is 0 Å². The third-order valence-electron chi connectivity index (χ3n) is 7.40. The van der Waals surface area contributed by atoms with E-state index >= 15 is 0 Å². The van der Waals surface area contributed by atoms with Crippen molar-refractivity contribution in [3.8, 4) is 5.75 Å². The van der Waals surface area contributed by atoms with E-state index in [9.17, 15) is 30.7 Å². The molecule has 1 saturated carbocycles. The van der Waals surface area contributed by atoms with Crippen LogP contribution in [-0.2, 0) is 15.6 Å². The lowest BCUT2D eigenvalue weighted by atomic mass is 9.75. The molecule has 37 heavy (non-hydrogen) atoms. The first kappa shape index (κ1) is 27.7. The number of rotatable bonds is 7. The number of hydrogen-bond acceptors (Lipinski definition) is 3. The molecule has 1 aliphatic heterocycles. The summed E-state index contributed by atoms with van der Waals surface area (Å²) < 4.78 is 115. The molecule has 204 valence electrons. The Bertz CT molecular complexity index is 1080. The minimum Gasteiger partial charge on any atom is -0.428 e. The number of benzene rings is 2. The molecule has 0 spiro atoms. The minimum absolute atomic E-state index is 0.130. The summed E-state index contributed by atoms with van der Waals surface area (Å²) in [6.45, 7) is 3.68. The highest BCUT2D eigenvalue weighted by Gasteiger charge is 2.43. The molecule has 0 radical (unpaired) electrons. The highest BCUT2D eigenvalue weighted by atomic mass is 19.3. The maximum atomic E-state index is 14.7. The second kappa shape index (κ2) is 11.2. The Morgan fingerprint density at radius 1 is 0.838 bits per heavy atom. The van der Waals surface area contributed by atoms with Crippen molar-refractivity contribution in [2.24, 2.45) is 17.8 Å². The SMILES string of the molecule is CCCC1CCC(C2COC(c3cc(F)c(C(F)(F)Oc4cc(F)c(F)c(F)c4C)c(F)c3)OC2)CC1. The number of alkyl halides is 2. The normalized spacial score (nSPS) is 24.8. The van der Waals surface area contributed by atoms with Gasteiger partial charge in [-0.25, -0.2) is 22.0 Å². The average molecular weight is 535 g/mol. The Balaban J connectivity index is 1.44. The standard InChI is InChI=1S/C27H29F7O3/c1-3-4-15-5-7-16(8-6-15)18-12-35-26(36-13-18)17-9-19(28)23(20(29)10-17)27(33,34)37-22-11-21(30)25(32)24(31)14(22)2/h9-11,15-16,18,26H,3-8,12-13H2,1-2H3. The Morgan fingerprint density at radius 2 is 1.43 bits per heavy atom. The van der Waals surface area contributed by atoms with E-state index in [1.807, 2.05) is 0 Å². The van der Waals surface area contributed by atoms with Crippen LogP contribution in [0, 0.1) is 53.8 Å². The van der Waals surface area contributed by atoms with Crippen molar-refractivity contribution in [1.29, 1.82) is 0 Å². The van der Waals surface area contributed by atoms with Crippen LogP contribution in [0.25, 0.3) is 0 Å². The zero-order valence-electron chi connectivity index (χ0n) is 20.6. The lowest BCUT2D eigenvalue weighted by Crippen LogP contribution is -2.34. The smallest absolute Gasteiger partial charge is 0.428 e. The molecule has 10 heteroatoms. The second-order valence-corrected chi connectivity index (χ2v) is 9.92. The highest BCUT2D eigenvalue weighted by molar-refractivity contribution is 5.37. The van der Waals surface area contributed by atoms with Gasteiger partial charge in [0.15, 0.2) is 23.7 Å². The van der Waals surface area contributed by atoms with Gasteiger partial charge in [0, 0.05) is 23.1 Å². The van der Waals surface area contributed by atoms with E-state index in [0.717, 1.165) is 38.5 Å². The summed E-state index contributed by atoms with van der Waals surface area (Å²) in [7, 11) is 0. The second-order valence-electron chi connectivity index (χ2n) is 9.92. The van der Waals surface area contributed by atoms with E-state index in [1.165, 1.54) is 12.8 Å². The topological polar surface area (TPSA) is 27.7 Å². The highest BCUT2D eigenvalue weighted by Crippen LogP contribution is 2.41. The average Bonchev–Trinajstić information content (AvgIpc) is 2.86. The Hall–Kier alpha value is -2.33. The molecule has 2 fully saturated rings. The molecule has 0 aromatic heterocycles. The predicted molar refractivity (Wildman–Crippen MR) is 120 cm³/mol. The summed E-state index contributed by atoms with van der Waals surface area (Å²) >= 11 is 0. The van der Waals surface area contributed by atoms with Gasteiger partial charge in [0.25, 0.3) is 0 Å². The largest absolute Gasteiger partial charge is 0.432 e. The van der Waals surface area contributed by atoms with Crippen LogP contribution in [0.5, 0.6) is 5.75 Å². The van der Waals surface area contributed by atoms with Crippen molar-refractivity contribution in [2.45, 2.75) is 64.8 Å². The van der Waals surface area contributed by atoms with Gasteiger partial charge in [-0.15, -0.1) is 0 Å². The van der Waals surface area contributed by atoms with Crippen LogP contribution in [0.1, 0.15) is 68.4 Å². The van der Waals surface area contributed by atoms with Crippen molar-refractivity contribution < 1.29 is 44.9 Å². The fourth-order valence-electron chi connectivity index (χ4n) is 5.31. The van der Waals surface area contributed by atoms with Gasteiger partial charge in [-0.1, -0.05) is 32.6 Å². The molecule has 2 aromatic carbocycles. The summed E-state index contributed by atoms with van der Waals surface area (Å²) in [5.41, 5.74) is -2.68. The molecule has 2 aliphatic rings. The molecule has 3 nitrogen and oxygen atoms in total. The van der Waals surface area contributed by atoms with Gasteiger partial charge in [-0.3, -0.25) is 0 Å². The van der Waals surface area contributed by atoms with Crippen molar-refractivity contribution in [1.82, 2.24) is 0 Å². The van der Waals surface area contributed by atoms with E-state index in [4.69, 9.17) is 9.47 Å². The molecule has 0 bridgehead atoms. The summed E-state index contributed by atoms with van der Waals surface area (Å²) in [6, 6.07) is 1.48. The lowest BCUT2D eigenvalue weighted by molar-refractivity contribution is -0.215. The quantitative estimate of drug-likeness (QED) is 0.266. The lowest BCUT2D eigenvalue weighted by Gasteiger charge is -2.38. The first-order valence-electron chi connectivity index (χ1n) is 12.4. The predicted octanol–water partition coefficient (Wildman–Crippen LogP) is 8.09. The zero-order valence-corrected chi connectivity index (χ0v) is 20.6. The molecular formula is C27H29F7O3. The molecule has 1 saturated heterocycles. The van der Waals surface area contributed by atoms with E-state index in [2.05, 4.69) is 11.7 Å². The molecule has 1 aliphatic carbocycles. The fraction of sp³-hybridized carbons (Fsp3) is 0.556. The number of ether oxygens (including phenoxy) is 3. The first-order chi connectivity index (χ1) is 17.5. The van der Waals surface area contributed by atoms with E-state index < -0.39 is 58.4 Å². The molecule has 0 N–H and O–H groups in total. The Morgan fingerprint density at radius 3 is 2.00 bits per heavy atom. The summed E-state index contributed by atoms with van der Waals surface area (Å²) in [5, 5.41) is 0. The van der Waals surface area contributed by atoms with Crippen molar-refractivity contribution >= 4 is 0 Å². The monoisotopic (exact) mass is 534 g/mol. The third kappa shape index (κ3) is 5.90. The maximum Gasteiger partial charge on any atom is 0.432 e. The minimum atomic E-state index is -4.66. The van der Waals surface area contributed by atoms with Crippen molar-refractivity contribution in [3.05, 3.63) is 64.0 Å². The van der Waals surface area contributed by atoms with Crippen LogP contribution in [0.4, 0.5) is 30.7 Å². The molecule has 1 heterocycles. The van der Waals surface area contributed by atoms with Gasteiger partial charge >= 0.3 is 6.11 Å². The van der Waals surface area contributed by atoms with E-state index in [0.29, 0.717) is 31.3 Å². The zero-order chi connectivity index (χ0) is 26.9. The van der Waals surface area contributed by atoms with Gasteiger partial charge in [0.1, 0.15) is 22.9 Å². The Labute approximate surface area is 210 Å². The van der Waals surface area contributed by atoms with Gasteiger partial charge in [0.05, 0.1) is 13.2 Å². The summed E-state index contributed by atoms with van der Waals surface area (Å²) in [4.78, 5) is 0. The summed E-state index contributed by atoms with van der Waals surface area (Å²) in [6.07, 6.45) is 1.04. The van der Waals surface area contributed by atoms with Crippen LogP contribution < -0.4 is 4.74 Å². The van der Waals surface area contributed by atoms with Crippen molar-refractivity contribution in [3.63, 3.8) is 0 Å². The first-order valence-corrected chi connectivity index (χ1v) is 12.4. The van der Waals surface area contributed by atoms with Gasteiger partial charge in [-0.05, 0) is 43.7 Å². The molecule has 0 atom stereocenters. The molecule has 0 unspecified atom stereocenters. The van der Waals surface area contributed by atoms with Gasteiger partial charge < -0.3 is 14.2 Å². The molecule has 0 amide bonds. The van der Waals surface area contributed by atoms with Crippen LogP contribution in [0.3, 0.4) is 0 Å². The van der Waals surface area contributed by atoms with Crippen LogP contribution in [0.2, 0.25) is 0 Å².